The lowest BCUT2D eigenvalue weighted by molar-refractivity contribution is -0.148. The number of aliphatic hydroxyl groups excluding tert-OH is 1. The number of aliphatic hydroxyl groups is 1. The first-order valence-electron chi connectivity index (χ1n) is 6.54. The van der Waals surface area contributed by atoms with E-state index in [9.17, 15) is 13.2 Å². The Morgan fingerprint density at radius 1 is 1.35 bits per heavy atom. The highest BCUT2D eigenvalue weighted by Gasteiger charge is 2.30. The third-order valence-corrected chi connectivity index (χ3v) is 2.57. The Labute approximate surface area is 116 Å². The summed E-state index contributed by atoms with van der Waals surface area (Å²) in [5, 5.41) is 11.9. The largest absolute Gasteiger partial charge is 0.401 e. The Balaban J connectivity index is 2.67. The number of rotatable bonds is 8. The van der Waals surface area contributed by atoms with Gasteiger partial charge in [0.05, 0.1) is 18.8 Å². The van der Waals surface area contributed by atoms with Crippen molar-refractivity contribution in [1.82, 2.24) is 9.88 Å². The van der Waals surface area contributed by atoms with E-state index in [-0.39, 0.29) is 19.7 Å². The molecular formula is C13H20F3N3O. The van der Waals surface area contributed by atoms with Gasteiger partial charge in [0.15, 0.2) is 0 Å². The molecule has 0 amide bonds. The second-order valence-corrected chi connectivity index (χ2v) is 4.49. The van der Waals surface area contributed by atoms with Crippen LogP contribution in [0.3, 0.4) is 0 Å². The summed E-state index contributed by atoms with van der Waals surface area (Å²) < 4.78 is 37.3. The minimum Gasteiger partial charge on any atom is -0.395 e. The van der Waals surface area contributed by atoms with Crippen LogP contribution in [0, 0.1) is 0 Å². The number of aromatic nitrogens is 1. The summed E-state index contributed by atoms with van der Waals surface area (Å²) in [7, 11) is 0. The van der Waals surface area contributed by atoms with E-state index in [0.29, 0.717) is 11.5 Å². The predicted octanol–water partition coefficient (Wildman–Crippen LogP) is 2.26. The maximum atomic E-state index is 12.4. The molecule has 0 unspecified atom stereocenters. The van der Waals surface area contributed by atoms with Crippen LogP contribution in [0.1, 0.15) is 19.0 Å². The summed E-state index contributed by atoms with van der Waals surface area (Å²) in [5.74, 6) is 0.653. The van der Waals surface area contributed by atoms with E-state index in [1.807, 2.05) is 6.92 Å². The maximum absolute atomic E-state index is 12.4. The Morgan fingerprint density at radius 3 is 2.70 bits per heavy atom. The third kappa shape index (κ3) is 6.72. The van der Waals surface area contributed by atoms with Crippen LogP contribution >= 0.6 is 0 Å². The fourth-order valence-electron chi connectivity index (χ4n) is 1.76. The van der Waals surface area contributed by atoms with E-state index in [2.05, 4.69) is 10.3 Å². The zero-order valence-electron chi connectivity index (χ0n) is 11.5. The zero-order valence-corrected chi connectivity index (χ0v) is 11.5. The lowest BCUT2D eigenvalue weighted by Crippen LogP contribution is -2.36. The lowest BCUT2D eigenvalue weighted by Gasteiger charge is -2.22. The normalized spacial score (nSPS) is 11.9. The molecule has 0 atom stereocenters. The summed E-state index contributed by atoms with van der Waals surface area (Å²) in [5.41, 5.74) is 0.545. The van der Waals surface area contributed by atoms with Crippen LogP contribution in [0.2, 0.25) is 0 Å². The van der Waals surface area contributed by atoms with Crippen LogP contribution in [0.5, 0.6) is 0 Å². The van der Waals surface area contributed by atoms with Gasteiger partial charge in [-0.3, -0.25) is 4.90 Å². The van der Waals surface area contributed by atoms with E-state index >= 15 is 0 Å². The van der Waals surface area contributed by atoms with Crippen molar-refractivity contribution in [3.63, 3.8) is 0 Å². The number of alkyl halides is 3. The van der Waals surface area contributed by atoms with Crippen LogP contribution in [0.15, 0.2) is 18.2 Å². The minimum absolute atomic E-state index is 0.0339. The van der Waals surface area contributed by atoms with Crippen molar-refractivity contribution in [2.24, 2.45) is 0 Å². The minimum atomic E-state index is -4.28. The first-order valence-corrected chi connectivity index (χ1v) is 6.54. The molecule has 0 radical (unpaired) electrons. The van der Waals surface area contributed by atoms with Crippen LogP contribution < -0.4 is 5.32 Å². The van der Waals surface area contributed by atoms with Crippen molar-refractivity contribution in [1.29, 1.82) is 0 Å². The molecular weight excluding hydrogens is 271 g/mol. The van der Waals surface area contributed by atoms with Crippen LogP contribution in [0.25, 0.3) is 0 Å². The number of pyridine rings is 1. The Hall–Kier alpha value is -1.34. The van der Waals surface area contributed by atoms with E-state index in [1.165, 1.54) is 0 Å². The Morgan fingerprint density at radius 2 is 2.10 bits per heavy atom. The fourth-order valence-corrected chi connectivity index (χ4v) is 1.76. The molecule has 4 nitrogen and oxygen atoms in total. The van der Waals surface area contributed by atoms with Gasteiger partial charge in [-0.05, 0) is 18.6 Å². The predicted molar refractivity (Wildman–Crippen MR) is 71.4 cm³/mol. The summed E-state index contributed by atoms with van der Waals surface area (Å²) in [6, 6.07) is 5.21. The maximum Gasteiger partial charge on any atom is 0.401 e. The number of halogens is 3. The fraction of sp³-hybridized carbons (Fsp3) is 0.615. The van der Waals surface area contributed by atoms with Gasteiger partial charge in [-0.15, -0.1) is 0 Å². The average Bonchev–Trinajstić information content (AvgIpc) is 2.35. The zero-order chi connectivity index (χ0) is 15.0. The number of hydrogen-bond acceptors (Lipinski definition) is 4. The molecule has 114 valence electrons. The molecule has 1 aromatic rings. The molecule has 0 saturated heterocycles. The van der Waals surface area contributed by atoms with Gasteiger partial charge in [-0.25, -0.2) is 4.98 Å². The Bertz CT molecular complexity index is 399. The topological polar surface area (TPSA) is 48.4 Å². The third-order valence-electron chi connectivity index (χ3n) is 2.57. The molecule has 0 aliphatic carbocycles. The van der Waals surface area contributed by atoms with Crippen molar-refractivity contribution in [3.8, 4) is 0 Å². The molecule has 0 aliphatic rings. The highest BCUT2D eigenvalue weighted by atomic mass is 19.4. The summed E-state index contributed by atoms with van der Waals surface area (Å²) in [6.07, 6.45) is -3.34. The van der Waals surface area contributed by atoms with Gasteiger partial charge in [-0.1, -0.05) is 13.0 Å². The molecule has 0 bridgehead atoms. The van der Waals surface area contributed by atoms with Crippen LogP contribution in [-0.4, -0.2) is 47.4 Å². The molecule has 0 spiro atoms. The van der Waals surface area contributed by atoms with Gasteiger partial charge in [0.25, 0.3) is 0 Å². The van der Waals surface area contributed by atoms with Crippen molar-refractivity contribution in [2.75, 3.05) is 31.6 Å². The van der Waals surface area contributed by atoms with Gasteiger partial charge in [-0.2, -0.15) is 13.2 Å². The van der Waals surface area contributed by atoms with Gasteiger partial charge >= 0.3 is 6.18 Å². The molecule has 1 rings (SSSR count). The number of anilines is 1. The molecule has 1 aromatic heterocycles. The second kappa shape index (κ2) is 8.06. The Kier molecular flexibility index (Phi) is 6.74. The quantitative estimate of drug-likeness (QED) is 0.771. The smallest absolute Gasteiger partial charge is 0.395 e. The van der Waals surface area contributed by atoms with Gasteiger partial charge in [0.2, 0.25) is 0 Å². The molecule has 0 saturated carbocycles. The molecule has 2 N–H and O–H groups in total. The SMILES string of the molecule is CCCNc1cccc(CN(CCO)CC(F)(F)F)n1. The van der Waals surface area contributed by atoms with E-state index in [1.54, 1.807) is 18.2 Å². The van der Waals surface area contributed by atoms with Crippen molar-refractivity contribution in [2.45, 2.75) is 26.1 Å². The monoisotopic (exact) mass is 291 g/mol. The van der Waals surface area contributed by atoms with Crippen LogP contribution in [-0.2, 0) is 6.54 Å². The number of hydrogen-bond donors (Lipinski definition) is 2. The molecule has 7 heteroatoms. The average molecular weight is 291 g/mol. The van der Waals surface area contributed by atoms with Crippen molar-refractivity contribution >= 4 is 5.82 Å². The first-order chi connectivity index (χ1) is 9.44. The molecule has 20 heavy (non-hydrogen) atoms. The standard InChI is InChI=1S/C13H20F3N3O/c1-2-6-17-12-5-3-4-11(18-12)9-19(7-8-20)10-13(14,15)16/h3-5,20H,2,6-10H2,1H3,(H,17,18). The van der Waals surface area contributed by atoms with E-state index < -0.39 is 12.7 Å². The van der Waals surface area contributed by atoms with Crippen molar-refractivity contribution < 1.29 is 18.3 Å². The van der Waals surface area contributed by atoms with E-state index in [0.717, 1.165) is 17.9 Å². The van der Waals surface area contributed by atoms with Gasteiger partial charge in [0, 0.05) is 19.6 Å². The van der Waals surface area contributed by atoms with Gasteiger partial charge < -0.3 is 10.4 Å². The highest BCUT2D eigenvalue weighted by molar-refractivity contribution is 5.35. The summed E-state index contributed by atoms with van der Waals surface area (Å²) in [6.45, 7) is 1.43. The number of nitrogens with zero attached hydrogens (tertiary/aromatic N) is 2. The second-order valence-electron chi connectivity index (χ2n) is 4.49. The molecule has 0 fully saturated rings. The molecule has 0 aromatic carbocycles. The van der Waals surface area contributed by atoms with Crippen LogP contribution in [0.4, 0.5) is 19.0 Å². The van der Waals surface area contributed by atoms with Gasteiger partial charge in [0.1, 0.15) is 5.82 Å². The molecule has 0 aliphatic heterocycles. The summed E-state index contributed by atoms with van der Waals surface area (Å²) >= 11 is 0. The van der Waals surface area contributed by atoms with E-state index in [4.69, 9.17) is 5.11 Å². The highest BCUT2D eigenvalue weighted by Crippen LogP contribution is 2.18. The first kappa shape index (κ1) is 16.7. The lowest BCUT2D eigenvalue weighted by atomic mass is 10.3. The molecule has 1 heterocycles. The van der Waals surface area contributed by atoms with Crippen molar-refractivity contribution in [3.05, 3.63) is 23.9 Å². The summed E-state index contributed by atoms with van der Waals surface area (Å²) in [4.78, 5) is 5.39. The number of nitrogens with one attached hydrogen (secondary N) is 1.